The maximum Gasteiger partial charge on any atom is 0.166 e. The Kier molecular flexibility index (Phi) is 5.76. The van der Waals surface area contributed by atoms with Crippen LogP contribution in [-0.4, -0.2) is 37.4 Å². The average Bonchev–Trinajstić information content (AvgIpc) is 3.15. The molecule has 1 aliphatic heterocycles. The van der Waals surface area contributed by atoms with Crippen molar-refractivity contribution in [2.45, 2.75) is 18.9 Å². The number of halogens is 1. The number of ketones is 1. The van der Waals surface area contributed by atoms with Crippen LogP contribution in [-0.2, 0) is 4.74 Å². The molecule has 3 rings (SSSR count). The second-order valence-electron chi connectivity index (χ2n) is 6.19. The number of likely N-dealkylation sites (tertiary alicyclic amines) is 1. The van der Waals surface area contributed by atoms with Crippen LogP contribution in [0, 0.1) is 11.7 Å². The van der Waals surface area contributed by atoms with Crippen LogP contribution in [0.3, 0.4) is 0 Å². The van der Waals surface area contributed by atoms with E-state index in [0.717, 1.165) is 32.5 Å². The van der Waals surface area contributed by atoms with Crippen LogP contribution in [0.2, 0.25) is 0 Å². The van der Waals surface area contributed by atoms with Gasteiger partial charge in [0.05, 0.1) is 0 Å². The lowest BCUT2D eigenvalue weighted by Crippen LogP contribution is -2.38. The highest BCUT2D eigenvalue weighted by Crippen LogP contribution is 2.27. The quantitative estimate of drug-likeness (QED) is 0.735. The summed E-state index contributed by atoms with van der Waals surface area (Å²) < 4.78 is 18.6. The summed E-state index contributed by atoms with van der Waals surface area (Å²) >= 11 is 1.71. The molecule has 1 aliphatic rings. The minimum Gasteiger partial charge on any atom is -0.375 e. The molecule has 2 aromatic rings. The zero-order chi connectivity index (χ0) is 16.9. The number of hydrogen-bond donors (Lipinski definition) is 0. The molecular formula is C19H22FNO2S. The molecule has 24 heavy (non-hydrogen) atoms. The van der Waals surface area contributed by atoms with E-state index in [1.165, 1.54) is 17.0 Å². The Bertz CT molecular complexity index is 649. The van der Waals surface area contributed by atoms with Crippen LogP contribution in [0.5, 0.6) is 0 Å². The summed E-state index contributed by atoms with van der Waals surface area (Å²) in [5.41, 5.74) is 0.614. The molecule has 3 nitrogen and oxygen atoms in total. The number of ether oxygens (including phenoxy) is 1. The summed E-state index contributed by atoms with van der Waals surface area (Å²) in [5.74, 6) is -0.133. The number of thiophene rings is 1. The van der Waals surface area contributed by atoms with Crippen molar-refractivity contribution >= 4 is 17.1 Å². The molecule has 5 heteroatoms. The highest BCUT2D eigenvalue weighted by Gasteiger charge is 2.27. The standard InChI is InChI=1S/C19H22FNO2S/c1-23-17(18-3-2-12-24-18)13-21-10-8-15(9-11-21)19(22)14-4-6-16(20)7-5-14/h2-7,12,15,17H,8-11,13H2,1H3. The van der Waals surface area contributed by atoms with Gasteiger partial charge in [-0.2, -0.15) is 0 Å². The van der Waals surface area contributed by atoms with Crippen molar-refractivity contribution in [1.82, 2.24) is 4.90 Å². The fraction of sp³-hybridized carbons (Fsp3) is 0.421. The third-order valence-electron chi connectivity index (χ3n) is 4.66. The van der Waals surface area contributed by atoms with Gasteiger partial charge in [0.2, 0.25) is 0 Å². The highest BCUT2D eigenvalue weighted by atomic mass is 32.1. The number of carbonyl (C=O) groups excluding carboxylic acids is 1. The Morgan fingerprint density at radius 1 is 1.29 bits per heavy atom. The second kappa shape index (κ2) is 8.01. The number of Topliss-reactive ketones (excluding diaryl/α,β-unsaturated/α-hetero) is 1. The molecule has 0 radical (unpaired) electrons. The van der Waals surface area contributed by atoms with Gasteiger partial charge in [0.25, 0.3) is 0 Å². The number of hydrogen-bond acceptors (Lipinski definition) is 4. The van der Waals surface area contributed by atoms with Crippen LogP contribution in [0.15, 0.2) is 41.8 Å². The molecule has 0 aliphatic carbocycles. The van der Waals surface area contributed by atoms with E-state index < -0.39 is 0 Å². The summed E-state index contributed by atoms with van der Waals surface area (Å²) in [5, 5.41) is 2.06. The van der Waals surface area contributed by atoms with Gasteiger partial charge in [-0.3, -0.25) is 4.79 Å². The number of nitrogens with zero attached hydrogens (tertiary/aromatic N) is 1. The van der Waals surface area contributed by atoms with Crippen molar-refractivity contribution in [2.24, 2.45) is 5.92 Å². The molecule has 1 fully saturated rings. The zero-order valence-corrected chi connectivity index (χ0v) is 14.6. The van der Waals surface area contributed by atoms with E-state index in [1.54, 1.807) is 30.6 Å². The molecule has 0 spiro atoms. The molecule has 1 aromatic carbocycles. The Balaban J connectivity index is 1.53. The highest BCUT2D eigenvalue weighted by molar-refractivity contribution is 7.10. The first-order valence-electron chi connectivity index (χ1n) is 8.25. The van der Waals surface area contributed by atoms with Crippen LogP contribution >= 0.6 is 11.3 Å². The van der Waals surface area contributed by atoms with Crippen molar-refractivity contribution in [1.29, 1.82) is 0 Å². The smallest absolute Gasteiger partial charge is 0.166 e. The van der Waals surface area contributed by atoms with Gasteiger partial charge in [-0.15, -0.1) is 11.3 Å². The fourth-order valence-corrected chi connectivity index (χ4v) is 4.01. The largest absolute Gasteiger partial charge is 0.375 e. The normalized spacial score (nSPS) is 17.8. The van der Waals surface area contributed by atoms with Gasteiger partial charge in [0.1, 0.15) is 11.9 Å². The first-order chi connectivity index (χ1) is 11.7. The van der Waals surface area contributed by atoms with Crippen molar-refractivity contribution in [3.05, 3.63) is 58.0 Å². The summed E-state index contributed by atoms with van der Waals surface area (Å²) in [4.78, 5) is 16.1. The second-order valence-corrected chi connectivity index (χ2v) is 7.17. The van der Waals surface area contributed by atoms with Crippen molar-refractivity contribution in [3.63, 3.8) is 0 Å². The first-order valence-corrected chi connectivity index (χ1v) is 9.13. The lowest BCUT2D eigenvalue weighted by atomic mass is 9.89. The van der Waals surface area contributed by atoms with Crippen LogP contribution in [0.1, 0.15) is 34.2 Å². The molecule has 128 valence electrons. The Morgan fingerprint density at radius 3 is 2.58 bits per heavy atom. The van der Waals surface area contributed by atoms with Crippen molar-refractivity contribution < 1.29 is 13.9 Å². The predicted molar refractivity (Wildman–Crippen MR) is 94.0 cm³/mol. The minimum absolute atomic E-state index is 0.0365. The van der Waals surface area contributed by atoms with Gasteiger partial charge in [-0.25, -0.2) is 4.39 Å². The van der Waals surface area contributed by atoms with Gasteiger partial charge in [-0.1, -0.05) is 6.07 Å². The first kappa shape index (κ1) is 17.3. The van der Waals surface area contributed by atoms with Crippen LogP contribution in [0.4, 0.5) is 4.39 Å². The molecule has 2 heterocycles. The van der Waals surface area contributed by atoms with E-state index in [1.807, 2.05) is 6.07 Å². The molecule has 0 N–H and O–H groups in total. The molecule has 1 atom stereocenters. The SMILES string of the molecule is COC(CN1CCC(C(=O)c2ccc(F)cc2)CC1)c1cccs1. The van der Waals surface area contributed by atoms with E-state index in [-0.39, 0.29) is 23.6 Å². The summed E-state index contributed by atoms with van der Waals surface area (Å²) in [6.45, 7) is 2.64. The monoisotopic (exact) mass is 347 g/mol. The summed E-state index contributed by atoms with van der Waals surface area (Å²) in [6.07, 6.45) is 1.78. The minimum atomic E-state index is -0.305. The number of piperidine rings is 1. The predicted octanol–water partition coefficient (Wildman–Crippen LogP) is 4.17. The summed E-state index contributed by atoms with van der Waals surface area (Å²) in [6, 6.07) is 10.0. The third kappa shape index (κ3) is 4.09. The molecule has 0 saturated carbocycles. The van der Waals surface area contributed by atoms with Gasteiger partial charge in [0.15, 0.2) is 5.78 Å². The number of benzene rings is 1. The Labute approximate surface area is 146 Å². The van der Waals surface area contributed by atoms with Crippen LogP contribution < -0.4 is 0 Å². The Morgan fingerprint density at radius 2 is 2.00 bits per heavy atom. The van der Waals surface area contributed by atoms with E-state index in [9.17, 15) is 9.18 Å². The van der Waals surface area contributed by atoms with E-state index in [2.05, 4.69) is 16.3 Å². The summed E-state index contributed by atoms with van der Waals surface area (Å²) in [7, 11) is 1.75. The fourth-order valence-electron chi connectivity index (χ4n) is 3.22. The number of rotatable bonds is 6. The van der Waals surface area contributed by atoms with Gasteiger partial charge in [-0.05, 0) is 61.6 Å². The topological polar surface area (TPSA) is 29.5 Å². The zero-order valence-electron chi connectivity index (χ0n) is 13.8. The lowest BCUT2D eigenvalue weighted by molar-refractivity contribution is 0.0503. The maximum absolute atomic E-state index is 13.0. The molecular weight excluding hydrogens is 325 g/mol. The van der Waals surface area contributed by atoms with Crippen molar-refractivity contribution in [2.75, 3.05) is 26.7 Å². The van der Waals surface area contributed by atoms with E-state index in [4.69, 9.17) is 4.74 Å². The van der Waals surface area contributed by atoms with Crippen LogP contribution in [0.25, 0.3) is 0 Å². The van der Waals surface area contributed by atoms with Gasteiger partial charge < -0.3 is 9.64 Å². The molecule has 1 aromatic heterocycles. The molecule has 1 unspecified atom stereocenters. The number of methoxy groups -OCH3 is 1. The average molecular weight is 347 g/mol. The number of carbonyl (C=O) groups is 1. The van der Waals surface area contributed by atoms with Gasteiger partial charge in [0, 0.05) is 30.0 Å². The Hall–Kier alpha value is -1.56. The third-order valence-corrected chi connectivity index (χ3v) is 5.62. The molecule has 0 amide bonds. The molecule has 1 saturated heterocycles. The van der Waals surface area contributed by atoms with Gasteiger partial charge >= 0.3 is 0 Å². The van der Waals surface area contributed by atoms with E-state index in [0.29, 0.717) is 5.56 Å². The lowest BCUT2D eigenvalue weighted by Gasteiger charge is -2.33. The molecule has 0 bridgehead atoms. The maximum atomic E-state index is 13.0. The van der Waals surface area contributed by atoms with E-state index >= 15 is 0 Å². The van der Waals surface area contributed by atoms with Crippen molar-refractivity contribution in [3.8, 4) is 0 Å².